The Bertz CT molecular complexity index is 518. The summed E-state index contributed by atoms with van der Waals surface area (Å²) in [6.07, 6.45) is 4.37. The lowest BCUT2D eigenvalue weighted by molar-refractivity contribution is 0.470. The van der Waals surface area contributed by atoms with Crippen molar-refractivity contribution in [1.82, 2.24) is 0 Å². The number of benzene rings is 1. The van der Waals surface area contributed by atoms with Crippen molar-refractivity contribution < 1.29 is 13.5 Å². The van der Waals surface area contributed by atoms with E-state index in [2.05, 4.69) is 0 Å². The van der Waals surface area contributed by atoms with Gasteiger partial charge in [0.1, 0.15) is 5.75 Å². The number of hydrogen-bond donors (Lipinski definition) is 2. The van der Waals surface area contributed by atoms with Crippen LogP contribution in [0.15, 0.2) is 23.1 Å². The van der Waals surface area contributed by atoms with Crippen LogP contribution in [0.3, 0.4) is 0 Å². The first-order valence-corrected chi connectivity index (χ1v) is 6.65. The number of rotatable bonds is 3. The highest BCUT2D eigenvalue weighted by atomic mass is 32.2. The summed E-state index contributed by atoms with van der Waals surface area (Å²) in [5.74, 6) is 0.0732. The zero-order chi connectivity index (χ0) is 12.3. The van der Waals surface area contributed by atoms with E-state index in [9.17, 15) is 13.5 Å². The lowest BCUT2D eigenvalue weighted by Gasteiger charge is -2.07. The fourth-order valence-corrected chi connectivity index (χ4v) is 2.28. The fraction of sp³-hybridized carbons (Fsp3) is 0.273. The smallest absolute Gasteiger partial charge is 0.176 e. The SMILES string of the molecule is Cc1cc(S(C)(=O)=O)c(/C=C/CN)cc1O. The summed E-state index contributed by atoms with van der Waals surface area (Å²) in [5.41, 5.74) is 6.29. The first-order valence-electron chi connectivity index (χ1n) is 4.76. The number of sulfone groups is 1. The van der Waals surface area contributed by atoms with Crippen molar-refractivity contribution in [2.75, 3.05) is 12.8 Å². The molecule has 0 amide bonds. The lowest BCUT2D eigenvalue weighted by Crippen LogP contribution is -2.01. The molecule has 0 heterocycles. The van der Waals surface area contributed by atoms with Crippen LogP contribution in [0.2, 0.25) is 0 Å². The fourth-order valence-electron chi connectivity index (χ4n) is 1.33. The molecule has 16 heavy (non-hydrogen) atoms. The van der Waals surface area contributed by atoms with Gasteiger partial charge in [-0.2, -0.15) is 0 Å². The molecule has 0 radical (unpaired) electrons. The van der Waals surface area contributed by atoms with Gasteiger partial charge in [0, 0.05) is 12.8 Å². The van der Waals surface area contributed by atoms with Gasteiger partial charge >= 0.3 is 0 Å². The second-order valence-electron chi connectivity index (χ2n) is 3.59. The molecule has 0 atom stereocenters. The number of aromatic hydroxyl groups is 1. The van der Waals surface area contributed by atoms with Crippen LogP contribution < -0.4 is 5.73 Å². The maximum atomic E-state index is 11.5. The first kappa shape index (κ1) is 12.7. The van der Waals surface area contributed by atoms with E-state index in [4.69, 9.17) is 5.73 Å². The van der Waals surface area contributed by atoms with Gasteiger partial charge in [-0.15, -0.1) is 0 Å². The molecule has 88 valence electrons. The van der Waals surface area contributed by atoms with Gasteiger partial charge in [0.25, 0.3) is 0 Å². The summed E-state index contributed by atoms with van der Waals surface area (Å²) in [7, 11) is -3.31. The highest BCUT2D eigenvalue weighted by molar-refractivity contribution is 7.90. The van der Waals surface area contributed by atoms with Gasteiger partial charge in [0.05, 0.1) is 4.90 Å². The van der Waals surface area contributed by atoms with Gasteiger partial charge in [-0.1, -0.05) is 12.2 Å². The zero-order valence-corrected chi connectivity index (χ0v) is 10.1. The Balaban J connectivity index is 3.46. The summed E-state index contributed by atoms with van der Waals surface area (Å²) in [5, 5.41) is 9.53. The van der Waals surface area contributed by atoms with E-state index < -0.39 is 9.84 Å². The van der Waals surface area contributed by atoms with Crippen molar-refractivity contribution in [3.63, 3.8) is 0 Å². The number of aryl methyl sites for hydroxylation is 1. The van der Waals surface area contributed by atoms with Crippen molar-refractivity contribution in [2.45, 2.75) is 11.8 Å². The Morgan fingerprint density at radius 2 is 2.06 bits per heavy atom. The largest absolute Gasteiger partial charge is 0.508 e. The molecule has 0 aliphatic heterocycles. The van der Waals surface area contributed by atoms with Crippen LogP contribution in [0.1, 0.15) is 11.1 Å². The Morgan fingerprint density at radius 3 is 2.56 bits per heavy atom. The van der Waals surface area contributed by atoms with Crippen molar-refractivity contribution in [3.05, 3.63) is 29.3 Å². The minimum Gasteiger partial charge on any atom is -0.508 e. The Hall–Kier alpha value is -1.33. The predicted octanol–water partition coefficient (Wildman–Crippen LogP) is 1.08. The van der Waals surface area contributed by atoms with Crippen molar-refractivity contribution in [1.29, 1.82) is 0 Å². The number of nitrogens with two attached hydrogens (primary N) is 1. The molecule has 0 spiro atoms. The molecule has 0 unspecified atom stereocenters. The molecule has 5 heteroatoms. The third-order valence-electron chi connectivity index (χ3n) is 2.16. The van der Waals surface area contributed by atoms with E-state index >= 15 is 0 Å². The number of phenolic OH excluding ortho intramolecular Hbond substituents is 1. The maximum Gasteiger partial charge on any atom is 0.176 e. The van der Waals surface area contributed by atoms with Crippen LogP contribution in [0.5, 0.6) is 5.75 Å². The van der Waals surface area contributed by atoms with Gasteiger partial charge < -0.3 is 10.8 Å². The molecule has 0 aromatic heterocycles. The van der Waals surface area contributed by atoms with Crippen molar-refractivity contribution in [3.8, 4) is 5.75 Å². The van der Waals surface area contributed by atoms with E-state index in [1.54, 1.807) is 19.1 Å². The normalized spacial score (nSPS) is 12.2. The van der Waals surface area contributed by atoms with E-state index in [-0.39, 0.29) is 10.6 Å². The third-order valence-corrected chi connectivity index (χ3v) is 3.31. The minimum absolute atomic E-state index is 0.0732. The molecule has 1 aromatic rings. The number of hydrogen-bond acceptors (Lipinski definition) is 4. The summed E-state index contributed by atoms with van der Waals surface area (Å²) in [4.78, 5) is 0.201. The minimum atomic E-state index is -3.31. The Kier molecular flexibility index (Phi) is 3.72. The number of phenols is 1. The molecule has 0 fully saturated rings. The maximum absolute atomic E-state index is 11.5. The van der Waals surface area contributed by atoms with Gasteiger partial charge in [-0.3, -0.25) is 0 Å². The topological polar surface area (TPSA) is 80.4 Å². The van der Waals surface area contributed by atoms with Crippen LogP contribution in [0.25, 0.3) is 6.08 Å². The van der Waals surface area contributed by atoms with Crippen LogP contribution in [0.4, 0.5) is 0 Å². The standard InChI is InChI=1S/C11H15NO3S/c1-8-6-11(16(2,14)15)9(4-3-5-12)7-10(8)13/h3-4,6-7,13H,5,12H2,1-2H3/b4-3+. The van der Waals surface area contributed by atoms with Crippen LogP contribution in [-0.4, -0.2) is 26.3 Å². The molecule has 0 aliphatic rings. The molecule has 0 aliphatic carbocycles. The Morgan fingerprint density at radius 1 is 1.44 bits per heavy atom. The summed E-state index contributed by atoms with van der Waals surface area (Å²) in [6.45, 7) is 1.97. The molecule has 3 N–H and O–H groups in total. The quantitative estimate of drug-likeness (QED) is 0.829. The molecule has 1 rings (SSSR count). The van der Waals surface area contributed by atoms with Crippen molar-refractivity contribution >= 4 is 15.9 Å². The second kappa shape index (κ2) is 4.67. The first-order chi connectivity index (χ1) is 7.36. The predicted molar refractivity (Wildman–Crippen MR) is 64.0 cm³/mol. The molecular formula is C11H15NO3S. The second-order valence-corrected chi connectivity index (χ2v) is 5.57. The van der Waals surface area contributed by atoms with Crippen molar-refractivity contribution in [2.24, 2.45) is 5.73 Å². The average Bonchev–Trinajstić information content (AvgIpc) is 2.17. The van der Waals surface area contributed by atoms with Crippen LogP contribution in [-0.2, 0) is 9.84 Å². The summed E-state index contributed by atoms with van der Waals surface area (Å²) in [6, 6.07) is 2.89. The molecular weight excluding hydrogens is 226 g/mol. The molecule has 0 saturated heterocycles. The molecule has 0 saturated carbocycles. The molecule has 0 bridgehead atoms. The van der Waals surface area contributed by atoms with Crippen LogP contribution >= 0.6 is 0 Å². The van der Waals surface area contributed by atoms with Gasteiger partial charge in [-0.05, 0) is 30.2 Å². The zero-order valence-electron chi connectivity index (χ0n) is 9.27. The average molecular weight is 241 g/mol. The summed E-state index contributed by atoms with van der Waals surface area (Å²) < 4.78 is 23.1. The highest BCUT2D eigenvalue weighted by Gasteiger charge is 2.13. The lowest BCUT2D eigenvalue weighted by atomic mass is 10.1. The van der Waals surface area contributed by atoms with Crippen LogP contribution in [0, 0.1) is 6.92 Å². The van der Waals surface area contributed by atoms with E-state index in [0.717, 1.165) is 6.26 Å². The Labute approximate surface area is 95.3 Å². The van der Waals surface area contributed by atoms with E-state index in [1.165, 1.54) is 12.1 Å². The highest BCUT2D eigenvalue weighted by Crippen LogP contribution is 2.26. The van der Waals surface area contributed by atoms with Gasteiger partial charge in [0.2, 0.25) is 0 Å². The summed E-state index contributed by atoms with van der Waals surface area (Å²) >= 11 is 0. The molecule has 1 aromatic carbocycles. The molecule has 4 nitrogen and oxygen atoms in total. The van der Waals surface area contributed by atoms with Gasteiger partial charge in [-0.25, -0.2) is 8.42 Å². The van der Waals surface area contributed by atoms with E-state index in [1.807, 2.05) is 0 Å². The van der Waals surface area contributed by atoms with Gasteiger partial charge in [0.15, 0.2) is 9.84 Å². The third kappa shape index (κ3) is 2.84. The van der Waals surface area contributed by atoms with E-state index in [0.29, 0.717) is 17.7 Å². The monoisotopic (exact) mass is 241 g/mol.